The van der Waals surface area contributed by atoms with Gasteiger partial charge in [-0.25, -0.2) is 4.39 Å². The van der Waals surface area contributed by atoms with E-state index in [1.54, 1.807) is 31.2 Å². The van der Waals surface area contributed by atoms with Crippen molar-refractivity contribution in [2.45, 2.75) is 13.3 Å². The van der Waals surface area contributed by atoms with Gasteiger partial charge in [-0.15, -0.1) is 0 Å². The summed E-state index contributed by atoms with van der Waals surface area (Å²) in [5.41, 5.74) is 1.72. The van der Waals surface area contributed by atoms with Crippen LogP contribution in [0.1, 0.15) is 21.6 Å². The molecule has 0 aliphatic heterocycles. The van der Waals surface area contributed by atoms with Gasteiger partial charge in [0, 0.05) is 34.8 Å². The first-order chi connectivity index (χ1) is 12.3. The molecule has 1 amide bonds. The highest BCUT2D eigenvalue weighted by Crippen LogP contribution is 2.32. The van der Waals surface area contributed by atoms with Gasteiger partial charge in [-0.3, -0.25) is 14.2 Å². The van der Waals surface area contributed by atoms with Crippen LogP contribution in [-0.2, 0) is 11.2 Å². The number of aromatic hydroxyl groups is 1. The molecular formula is C19H16ClFN2O3. The van der Waals surface area contributed by atoms with E-state index in [4.69, 9.17) is 11.6 Å². The van der Waals surface area contributed by atoms with Crippen molar-refractivity contribution in [2.75, 3.05) is 7.05 Å². The Morgan fingerprint density at radius 2 is 1.88 bits per heavy atom. The van der Waals surface area contributed by atoms with Crippen LogP contribution < -0.4 is 5.32 Å². The van der Waals surface area contributed by atoms with Crippen LogP contribution >= 0.6 is 11.6 Å². The van der Waals surface area contributed by atoms with Crippen LogP contribution in [0, 0.1) is 12.7 Å². The monoisotopic (exact) mass is 374 g/mol. The van der Waals surface area contributed by atoms with Crippen LogP contribution in [0.5, 0.6) is 5.75 Å². The van der Waals surface area contributed by atoms with Crippen molar-refractivity contribution >= 4 is 34.3 Å². The molecule has 7 heteroatoms. The number of hydrogen-bond acceptors (Lipinski definition) is 3. The van der Waals surface area contributed by atoms with Gasteiger partial charge in [-0.1, -0.05) is 11.6 Å². The Kier molecular flexibility index (Phi) is 4.70. The Balaban J connectivity index is 2.25. The maximum absolute atomic E-state index is 13.9. The molecule has 2 N–H and O–H groups in total. The van der Waals surface area contributed by atoms with E-state index in [9.17, 15) is 19.1 Å². The van der Waals surface area contributed by atoms with E-state index in [0.29, 0.717) is 27.2 Å². The zero-order valence-corrected chi connectivity index (χ0v) is 14.9. The fourth-order valence-electron chi connectivity index (χ4n) is 2.94. The number of amides is 1. The SMILES string of the molecule is CNC(=O)Cc1c(C)n(C(=O)c2ccc(Cl)cc2)c2cc(F)c(O)cc12. The van der Waals surface area contributed by atoms with Gasteiger partial charge in [0.05, 0.1) is 11.9 Å². The molecule has 0 spiro atoms. The number of benzene rings is 2. The van der Waals surface area contributed by atoms with Crippen LogP contribution in [0.25, 0.3) is 10.9 Å². The maximum Gasteiger partial charge on any atom is 0.262 e. The summed E-state index contributed by atoms with van der Waals surface area (Å²) in [6, 6.07) is 8.66. The third kappa shape index (κ3) is 3.04. The molecule has 1 aromatic heterocycles. The molecule has 134 valence electrons. The fourth-order valence-corrected chi connectivity index (χ4v) is 3.07. The van der Waals surface area contributed by atoms with Crippen molar-refractivity contribution in [3.8, 4) is 5.75 Å². The lowest BCUT2D eigenvalue weighted by molar-refractivity contribution is -0.119. The Hall–Kier alpha value is -2.86. The molecule has 3 rings (SSSR count). The number of nitrogens with zero attached hydrogens (tertiary/aromatic N) is 1. The van der Waals surface area contributed by atoms with Gasteiger partial charge in [-0.2, -0.15) is 0 Å². The van der Waals surface area contributed by atoms with Crippen LogP contribution in [0.2, 0.25) is 5.02 Å². The summed E-state index contributed by atoms with van der Waals surface area (Å²) < 4.78 is 15.3. The second-order valence-electron chi connectivity index (χ2n) is 5.88. The molecule has 1 heterocycles. The minimum absolute atomic E-state index is 0.00477. The van der Waals surface area contributed by atoms with E-state index in [0.717, 1.165) is 6.07 Å². The highest BCUT2D eigenvalue weighted by Gasteiger charge is 2.22. The third-order valence-corrected chi connectivity index (χ3v) is 4.57. The minimum atomic E-state index is -0.841. The average Bonchev–Trinajstić information content (AvgIpc) is 2.87. The van der Waals surface area contributed by atoms with Crippen molar-refractivity contribution in [2.24, 2.45) is 0 Å². The number of carbonyl (C=O) groups is 2. The number of nitrogens with one attached hydrogen (secondary N) is 1. The molecule has 0 aliphatic carbocycles. The van der Waals surface area contributed by atoms with Gasteiger partial charge in [0.1, 0.15) is 0 Å². The van der Waals surface area contributed by atoms with Gasteiger partial charge in [-0.05, 0) is 42.8 Å². The van der Waals surface area contributed by atoms with E-state index in [1.807, 2.05) is 0 Å². The quantitative estimate of drug-likeness (QED) is 0.737. The van der Waals surface area contributed by atoms with Gasteiger partial charge < -0.3 is 10.4 Å². The lowest BCUT2D eigenvalue weighted by atomic mass is 10.1. The number of carbonyl (C=O) groups excluding carboxylic acids is 2. The number of fused-ring (bicyclic) bond motifs is 1. The van der Waals surface area contributed by atoms with Gasteiger partial charge in [0.2, 0.25) is 5.91 Å². The largest absolute Gasteiger partial charge is 0.505 e. The number of phenolic OH excluding ortho intramolecular Hbond substituents is 1. The normalized spacial score (nSPS) is 10.9. The molecule has 0 bridgehead atoms. The van der Waals surface area contributed by atoms with E-state index >= 15 is 0 Å². The smallest absolute Gasteiger partial charge is 0.262 e. The molecule has 0 fully saturated rings. The second kappa shape index (κ2) is 6.80. The topological polar surface area (TPSA) is 71.3 Å². The van der Waals surface area contributed by atoms with Crippen LogP contribution in [-0.4, -0.2) is 28.5 Å². The summed E-state index contributed by atoms with van der Waals surface area (Å²) in [5.74, 6) is -2.01. The van der Waals surface area contributed by atoms with E-state index < -0.39 is 11.6 Å². The number of hydrogen-bond donors (Lipinski definition) is 2. The fraction of sp³-hybridized carbons (Fsp3) is 0.158. The highest BCUT2D eigenvalue weighted by atomic mass is 35.5. The maximum atomic E-state index is 13.9. The lowest BCUT2D eigenvalue weighted by Gasteiger charge is -2.08. The number of rotatable bonds is 3. The molecule has 0 unspecified atom stereocenters. The van der Waals surface area contributed by atoms with Gasteiger partial charge >= 0.3 is 0 Å². The molecule has 26 heavy (non-hydrogen) atoms. The predicted octanol–water partition coefficient (Wildman–Crippen LogP) is 3.42. The van der Waals surface area contributed by atoms with Crippen molar-refractivity contribution in [3.05, 3.63) is 64.1 Å². The summed E-state index contributed by atoms with van der Waals surface area (Å²) in [6.45, 7) is 1.68. The Labute approximate surface area is 154 Å². The minimum Gasteiger partial charge on any atom is -0.505 e. The molecule has 0 atom stereocenters. The first kappa shape index (κ1) is 17.9. The van der Waals surface area contributed by atoms with Crippen molar-refractivity contribution < 1.29 is 19.1 Å². The van der Waals surface area contributed by atoms with Crippen LogP contribution in [0.4, 0.5) is 4.39 Å². The average molecular weight is 375 g/mol. The standard InChI is InChI=1S/C19H16ClFN2O3/c1-10-13(8-18(25)22-2)14-7-17(24)15(21)9-16(14)23(10)19(26)11-3-5-12(20)6-4-11/h3-7,9,24H,8H2,1-2H3,(H,22,25). The lowest BCUT2D eigenvalue weighted by Crippen LogP contribution is -2.20. The molecule has 0 radical (unpaired) electrons. The van der Waals surface area contributed by atoms with Crippen molar-refractivity contribution in [1.82, 2.24) is 9.88 Å². The van der Waals surface area contributed by atoms with Crippen molar-refractivity contribution in [3.63, 3.8) is 0 Å². The first-order valence-electron chi connectivity index (χ1n) is 7.86. The summed E-state index contributed by atoms with van der Waals surface area (Å²) >= 11 is 5.86. The molecule has 3 aromatic rings. The van der Waals surface area contributed by atoms with Crippen LogP contribution in [0.15, 0.2) is 36.4 Å². The Morgan fingerprint density at radius 1 is 1.23 bits per heavy atom. The van der Waals surface area contributed by atoms with Gasteiger partial charge in [0.15, 0.2) is 11.6 Å². The molecule has 0 saturated heterocycles. The highest BCUT2D eigenvalue weighted by molar-refractivity contribution is 6.30. The zero-order chi connectivity index (χ0) is 19.0. The van der Waals surface area contributed by atoms with E-state index in [2.05, 4.69) is 5.32 Å². The van der Waals surface area contributed by atoms with E-state index in [1.165, 1.54) is 17.7 Å². The summed E-state index contributed by atoms with van der Waals surface area (Å²) in [5, 5.41) is 13.2. The second-order valence-corrected chi connectivity index (χ2v) is 6.32. The molecule has 2 aromatic carbocycles. The van der Waals surface area contributed by atoms with Gasteiger partial charge in [0.25, 0.3) is 5.91 Å². The third-order valence-electron chi connectivity index (χ3n) is 4.31. The summed E-state index contributed by atoms with van der Waals surface area (Å²) in [6.07, 6.45) is 0.00477. The number of likely N-dealkylation sites (N-methyl/N-ethyl adjacent to an activating group) is 1. The number of halogens is 2. The molecule has 0 aliphatic rings. The molecular weight excluding hydrogens is 359 g/mol. The summed E-state index contributed by atoms with van der Waals surface area (Å²) in [4.78, 5) is 24.9. The molecule has 0 saturated carbocycles. The Morgan fingerprint density at radius 3 is 2.50 bits per heavy atom. The van der Waals surface area contributed by atoms with Crippen LogP contribution in [0.3, 0.4) is 0 Å². The summed E-state index contributed by atoms with van der Waals surface area (Å²) in [7, 11) is 1.51. The number of aromatic nitrogens is 1. The van der Waals surface area contributed by atoms with E-state index in [-0.39, 0.29) is 23.8 Å². The first-order valence-corrected chi connectivity index (χ1v) is 8.24. The predicted molar refractivity (Wildman–Crippen MR) is 97.2 cm³/mol. The van der Waals surface area contributed by atoms with Crippen molar-refractivity contribution in [1.29, 1.82) is 0 Å². The Bertz CT molecular complexity index is 1030. The number of phenols is 1. The zero-order valence-electron chi connectivity index (χ0n) is 14.1. The molecule has 5 nitrogen and oxygen atoms in total.